The molecule has 1 fully saturated rings. The number of aliphatic hydroxyl groups excluding tert-OH is 2. The summed E-state index contributed by atoms with van der Waals surface area (Å²) in [7, 11) is 0. The molecule has 4 N–H and O–H groups in total. The van der Waals surface area contributed by atoms with Crippen molar-refractivity contribution in [1.82, 2.24) is 9.55 Å². The van der Waals surface area contributed by atoms with E-state index >= 15 is 0 Å². The number of aromatic nitrogens is 2. The standard InChI is InChI=1S/C9H11FN2O5S/c10-9(3-13)6(15)5(14)7(17-9)12-2-1-4(18)11-8(12)16/h1-2,5-7,13-15H,3H2,(H,11,16,18)/t5-,6+,7-,9-/m1/s1/i3D2,7D. The number of aromatic amines is 1. The van der Waals surface area contributed by atoms with Crippen molar-refractivity contribution in [2.75, 3.05) is 6.56 Å². The number of hydrogen-bond donors (Lipinski definition) is 4. The minimum Gasteiger partial charge on any atom is -0.390 e. The quantitative estimate of drug-likeness (QED) is 0.508. The number of rotatable bonds is 2. The first-order valence-corrected chi connectivity index (χ1v) is 5.14. The first-order valence-electron chi connectivity index (χ1n) is 6.23. The van der Waals surface area contributed by atoms with Crippen LogP contribution < -0.4 is 5.69 Å². The Morgan fingerprint density at radius 2 is 2.44 bits per heavy atom. The Kier molecular flexibility index (Phi) is 2.45. The molecule has 7 nitrogen and oxygen atoms in total. The van der Waals surface area contributed by atoms with Crippen LogP contribution in [0.15, 0.2) is 17.1 Å². The lowest BCUT2D eigenvalue weighted by Crippen LogP contribution is -2.42. The zero-order chi connectivity index (χ0) is 16.2. The molecule has 0 unspecified atom stereocenters. The first-order chi connectivity index (χ1) is 9.43. The summed E-state index contributed by atoms with van der Waals surface area (Å²) in [6, 6.07) is 1.14. The molecule has 1 aromatic rings. The van der Waals surface area contributed by atoms with Crippen LogP contribution in [0.3, 0.4) is 0 Å². The highest BCUT2D eigenvalue weighted by Gasteiger charge is 2.55. The molecule has 2 heterocycles. The zero-order valence-electron chi connectivity index (χ0n) is 11.7. The number of H-pyrrole nitrogens is 1. The van der Waals surface area contributed by atoms with E-state index in [0.29, 0.717) is 4.57 Å². The molecule has 1 aromatic heterocycles. The molecule has 1 saturated heterocycles. The van der Waals surface area contributed by atoms with Crippen molar-refractivity contribution < 1.29 is 28.6 Å². The van der Waals surface area contributed by atoms with Crippen LogP contribution >= 0.6 is 12.2 Å². The van der Waals surface area contributed by atoms with Gasteiger partial charge in [-0.05, 0) is 6.07 Å². The molecular weight excluding hydrogens is 267 g/mol. The highest BCUT2D eigenvalue weighted by Crippen LogP contribution is 2.37. The SMILES string of the molecule is [2H]C([2H])(O)[C@@]1(F)O[C@@]([2H])(n2ccc(=S)[nH]c2=O)[C@H](O)[C@@H]1O. The topological polar surface area (TPSA) is 108 Å². The summed E-state index contributed by atoms with van der Waals surface area (Å²) in [5.74, 6) is -3.81. The molecule has 0 aliphatic carbocycles. The normalized spacial score (nSPS) is 43.2. The summed E-state index contributed by atoms with van der Waals surface area (Å²) in [4.78, 5) is 13.8. The van der Waals surface area contributed by atoms with Crippen molar-refractivity contribution in [2.24, 2.45) is 0 Å². The maximum Gasteiger partial charge on any atom is 0.328 e. The number of halogens is 1. The fourth-order valence-corrected chi connectivity index (χ4v) is 1.63. The second-order valence-corrected chi connectivity index (χ2v) is 4.01. The number of aliphatic hydroxyl groups is 3. The van der Waals surface area contributed by atoms with Gasteiger partial charge in [-0.1, -0.05) is 12.2 Å². The minimum atomic E-state index is -3.81. The minimum absolute atomic E-state index is 0.00288. The van der Waals surface area contributed by atoms with Crippen molar-refractivity contribution in [3.63, 3.8) is 0 Å². The maximum absolute atomic E-state index is 14.3. The Bertz CT molecular complexity index is 678. The van der Waals surface area contributed by atoms with Crippen LogP contribution in [0.5, 0.6) is 0 Å². The number of alkyl halides is 1. The van der Waals surface area contributed by atoms with E-state index in [1.807, 2.05) is 0 Å². The van der Waals surface area contributed by atoms with Gasteiger partial charge in [0.05, 0.1) is 4.11 Å². The van der Waals surface area contributed by atoms with Crippen LogP contribution in [-0.2, 0) is 4.74 Å². The third kappa shape index (κ3) is 1.99. The number of nitrogens with one attached hydrogen (secondary N) is 1. The number of ether oxygens (including phenoxy) is 1. The van der Waals surface area contributed by atoms with Gasteiger partial charge >= 0.3 is 5.69 Å². The molecule has 2 rings (SSSR count). The summed E-state index contributed by atoms with van der Waals surface area (Å²) in [6.45, 7) is -3.72. The summed E-state index contributed by atoms with van der Waals surface area (Å²) in [6.07, 6.45) is -6.96. The maximum atomic E-state index is 14.3. The van der Waals surface area contributed by atoms with Crippen LogP contribution in [0, 0.1) is 4.64 Å². The lowest BCUT2D eigenvalue weighted by atomic mass is 10.1. The van der Waals surface area contributed by atoms with Gasteiger partial charge in [-0.2, -0.15) is 0 Å². The van der Waals surface area contributed by atoms with E-state index in [1.54, 1.807) is 0 Å². The van der Waals surface area contributed by atoms with Gasteiger partial charge in [-0.25, -0.2) is 9.18 Å². The van der Waals surface area contributed by atoms with Crippen LogP contribution in [0.1, 0.15) is 10.3 Å². The molecule has 0 spiro atoms. The fourth-order valence-electron chi connectivity index (χ4n) is 1.48. The Labute approximate surface area is 109 Å². The monoisotopic (exact) mass is 281 g/mol. The van der Waals surface area contributed by atoms with Crippen LogP contribution in [0.2, 0.25) is 0 Å². The molecule has 4 atom stereocenters. The van der Waals surface area contributed by atoms with E-state index in [-0.39, 0.29) is 4.64 Å². The molecular formula is C9H11FN2O5S. The van der Waals surface area contributed by atoms with Gasteiger partial charge in [0.1, 0.15) is 23.4 Å². The molecule has 0 radical (unpaired) electrons. The molecule has 0 saturated carbocycles. The average molecular weight is 281 g/mol. The van der Waals surface area contributed by atoms with Crippen LogP contribution in [0.4, 0.5) is 4.39 Å². The zero-order valence-corrected chi connectivity index (χ0v) is 9.52. The second kappa shape index (κ2) is 4.52. The predicted molar refractivity (Wildman–Crippen MR) is 58.9 cm³/mol. The molecule has 1 aliphatic heterocycles. The van der Waals surface area contributed by atoms with Gasteiger partial charge in [0.15, 0.2) is 6.20 Å². The Balaban J connectivity index is 2.59. The molecule has 0 aromatic carbocycles. The van der Waals surface area contributed by atoms with Crippen molar-refractivity contribution in [1.29, 1.82) is 0 Å². The van der Waals surface area contributed by atoms with E-state index in [1.165, 1.54) is 0 Å². The predicted octanol–water partition coefficient (Wildman–Crippen LogP) is -1.19. The summed E-state index contributed by atoms with van der Waals surface area (Å²) >= 11 is 4.67. The van der Waals surface area contributed by atoms with Crippen molar-refractivity contribution >= 4 is 12.2 Å². The highest BCUT2D eigenvalue weighted by atomic mass is 32.1. The largest absolute Gasteiger partial charge is 0.390 e. The molecule has 9 heteroatoms. The number of nitrogens with zero attached hydrogens (tertiary/aromatic N) is 1. The Morgan fingerprint density at radius 3 is 2.94 bits per heavy atom. The number of hydrogen-bond acceptors (Lipinski definition) is 6. The van der Waals surface area contributed by atoms with Gasteiger partial charge in [-0.3, -0.25) is 9.55 Å². The lowest BCUT2D eigenvalue weighted by molar-refractivity contribution is -0.207. The smallest absolute Gasteiger partial charge is 0.328 e. The van der Waals surface area contributed by atoms with Crippen molar-refractivity contribution in [3.05, 3.63) is 27.4 Å². The van der Waals surface area contributed by atoms with Gasteiger partial charge in [0, 0.05) is 6.20 Å². The Morgan fingerprint density at radius 1 is 1.78 bits per heavy atom. The second-order valence-electron chi connectivity index (χ2n) is 3.57. The fraction of sp³-hybridized carbons (Fsp3) is 0.556. The average Bonchev–Trinajstić information content (AvgIpc) is 2.51. The molecule has 0 bridgehead atoms. The van der Waals surface area contributed by atoms with E-state index in [9.17, 15) is 19.4 Å². The Hall–Kier alpha value is -1.13. The molecule has 0 amide bonds. The van der Waals surface area contributed by atoms with Crippen molar-refractivity contribution in [2.45, 2.75) is 24.3 Å². The summed E-state index contributed by atoms with van der Waals surface area (Å²) in [5.41, 5.74) is -1.05. The highest BCUT2D eigenvalue weighted by molar-refractivity contribution is 7.71. The van der Waals surface area contributed by atoms with Gasteiger partial charge in [0.2, 0.25) is 0 Å². The van der Waals surface area contributed by atoms with Crippen LogP contribution in [-0.4, -0.2) is 49.5 Å². The van der Waals surface area contributed by atoms with Gasteiger partial charge in [0.25, 0.3) is 5.85 Å². The summed E-state index contributed by atoms with van der Waals surface area (Å²) < 4.78 is 40.8. The molecule has 18 heavy (non-hydrogen) atoms. The van der Waals surface area contributed by atoms with E-state index in [4.69, 9.17) is 9.22 Å². The first kappa shape index (κ1) is 9.75. The van der Waals surface area contributed by atoms with E-state index in [0.717, 1.165) is 12.3 Å². The van der Waals surface area contributed by atoms with Gasteiger partial charge in [-0.15, -0.1) is 0 Å². The molecule has 100 valence electrons. The van der Waals surface area contributed by atoms with Crippen LogP contribution in [0.25, 0.3) is 0 Å². The molecule has 1 aliphatic rings. The lowest BCUT2D eigenvalue weighted by Gasteiger charge is -2.19. The van der Waals surface area contributed by atoms with Crippen molar-refractivity contribution in [3.8, 4) is 0 Å². The van der Waals surface area contributed by atoms with E-state index < -0.39 is 36.5 Å². The third-order valence-corrected chi connectivity index (χ3v) is 2.64. The van der Waals surface area contributed by atoms with E-state index in [2.05, 4.69) is 21.9 Å². The van der Waals surface area contributed by atoms with Gasteiger partial charge < -0.3 is 20.1 Å². The summed E-state index contributed by atoms with van der Waals surface area (Å²) in [5, 5.41) is 28.5. The third-order valence-electron chi connectivity index (χ3n) is 2.40.